The van der Waals surface area contributed by atoms with E-state index in [4.69, 9.17) is 0 Å². The van der Waals surface area contributed by atoms with E-state index in [-0.39, 0.29) is 16.7 Å². The van der Waals surface area contributed by atoms with Crippen molar-refractivity contribution in [3.8, 4) is 0 Å². The van der Waals surface area contributed by atoms with Crippen LogP contribution in [-0.2, 0) is 15.9 Å². The molecule has 5 rings (SSSR count). The summed E-state index contributed by atoms with van der Waals surface area (Å²) in [6.45, 7) is 10.6. The van der Waals surface area contributed by atoms with Gasteiger partial charge in [0.15, 0.2) is 11.1 Å². The number of hydrogen-bond donors (Lipinski definition) is 2. The Morgan fingerprint density at radius 2 is 1.82 bits per heavy atom. The molecule has 1 aromatic rings. The Hall–Kier alpha value is -1.30. The summed E-state index contributed by atoms with van der Waals surface area (Å²) in [6.07, 6.45) is 8.17. The highest BCUT2D eigenvalue weighted by Gasteiger charge is 2.61. The normalized spacial score (nSPS) is 41.1. The second kappa shape index (κ2) is 7.86. The average molecular weight is 471 g/mol. The lowest BCUT2D eigenvalue weighted by Gasteiger charge is -2.60. The van der Waals surface area contributed by atoms with Crippen LogP contribution in [0.15, 0.2) is 22.6 Å². The summed E-state index contributed by atoms with van der Waals surface area (Å²) < 4.78 is 22.3. The molecule has 5 heteroatoms. The quantitative estimate of drug-likeness (QED) is 0.424. The fourth-order valence-corrected chi connectivity index (χ4v) is 9.62. The maximum absolute atomic E-state index is 12.8. The van der Waals surface area contributed by atoms with Gasteiger partial charge in [-0.05, 0) is 111 Å². The molecule has 3 saturated carbocycles. The van der Waals surface area contributed by atoms with Crippen LogP contribution < -0.4 is 0 Å². The summed E-state index contributed by atoms with van der Waals surface area (Å²) in [5, 5.41) is 10.9. The third kappa shape index (κ3) is 3.21. The number of benzene rings is 1. The zero-order valence-corrected chi connectivity index (χ0v) is 21.4. The molecule has 0 spiro atoms. The Balaban J connectivity index is 1.66. The van der Waals surface area contributed by atoms with Gasteiger partial charge in [-0.1, -0.05) is 31.6 Å². The SMILES string of the molecule is Cc1cc(C)c(S(=O)O)c(C)c1C1C[C@H](O)CC2=CC[C@H]3[C@@H]4CCC(=O)[C@@]4(C)CC[C@@H]3[C@]21C. The summed E-state index contributed by atoms with van der Waals surface area (Å²) in [5.74, 6) is 1.99. The first kappa shape index (κ1) is 23.4. The fraction of sp³-hybridized carbons (Fsp3) is 0.679. The van der Waals surface area contributed by atoms with Gasteiger partial charge in [0.25, 0.3) is 0 Å². The van der Waals surface area contributed by atoms with Crippen LogP contribution in [0, 0.1) is 49.4 Å². The largest absolute Gasteiger partial charge is 0.393 e. The second-order valence-corrected chi connectivity index (χ2v) is 12.7. The van der Waals surface area contributed by atoms with Crippen LogP contribution in [0.5, 0.6) is 0 Å². The smallest absolute Gasteiger partial charge is 0.187 e. The Kier molecular flexibility index (Phi) is 5.58. The number of carbonyl (C=O) groups excluding carboxylic acids is 1. The van der Waals surface area contributed by atoms with Gasteiger partial charge in [-0.15, -0.1) is 0 Å². The summed E-state index contributed by atoms with van der Waals surface area (Å²) in [7, 11) is 0. The minimum atomic E-state index is -2.04. The average Bonchev–Trinajstić information content (AvgIpc) is 3.03. The molecule has 4 nitrogen and oxygen atoms in total. The predicted octanol–water partition coefficient (Wildman–Crippen LogP) is 5.78. The topological polar surface area (TPSA) is 74.6 Å². The molecule has 0 bridgehead atoms. The molecular formula is C28H38O4S. The third-order valence-corrected chi connectivity index (χ3v) is 11.4. The van der Waals surface area contributed by atoms with Crippen molar-refractivity contribution in [1.82, 2.24) is 0 Å². The lowest BCUT2D eigenvalue weighted by atomic mass is 9.44. The molecular weight excluding hydrogens is 432 g/mol. The van der Waals surface area contributed by atoms with Crippen molar-refractivity contribution in [2.75, 3.05) is 0 Å². The highest BCUT2D eigenvalue weighted by atomic mass is 32.2. The van der Waals surface area contributed by atoms with Crippen molar-refractivity contribution in [2.45, 2.75) is 96.5 Å². The van der Waals surface area contributed by atoms with Crippen LogP contribution in [0.25, 0.3) is 0 Å². The third-order valence-electron chi connectivity index (χ3n) is 10.4. The van der Waals surface area contributed by atoms with Gasteiger partial charge in [0.1, 0.15) is 5.78 Å². The molecule has 0 aliphatic heterocycles. The predicted molar refractivity (Wildman–Crippen MR) is 131 cm³/mol. The van der Waals surface area contributed by atoms with Crippen molar-refractivity contribution in [3.63, 3.8) is 0 Å². The molecule has 8 atom stereocenters. The van der Waals surface area contributed by atoms with Gasteiger partial charge >= 0.3 is 0 Å². The lowest BCUT2D eigenvalue weighted by Crippen LogP contribution is -2.53. The van der Waals surface area contributed by atoms with Crippen LogP contribution in [0.1, 0.15) is 87.0 Å². The van der Waals surface area contributed by atoms with Crippen molar-refractivity contribution in [1.29, 1.82) is 0 Å². The van der Waals surface area contributed by atoms with E-state index < -0.39 is 17.2 Å². The Bertz CT molecular complexity index is 1070. The second-order valence-electron chi connectivity index (χ2n) is 11.8. The van der Waals surface area contributed by atoms with Gasteiger partial charge in [-0.3, -0.25) is 4.79 Å². The van der Waals surface area contributed by atoms with Crippen LogP contribution in [0.4, 0.5) is 0 Å². The number of allylic oxidation sites excluding steroid dienone is 1. The number of Topliss-reactive ketones (excluding diaryl/α,β-unsaturated/α-hetero) is 1. The Morgan fingerprint density at radius 1 is 1.09 bits per heavy atom. The van der Waals surface area contributed by atoms with E-state index in [9.17, 15) is 18.7 Å². The van der Waals surface area contributed by atoms with E-state index in [2.05, 4.69) is 26.8 Å². The number of aliphatic hydroxyl groups is 1. The van der Waals surface area contributed by atoms with Gasteiger partial charge < -0.3 is 9.66 Å². The van der Waals surface area contributed by atoms with E-state index in [1.165, 1.54) is 5.57 Å². The van der Waals surface area contributed by atoms with Gasteiger partial charge in [0.05, 0.1) is 11.0 Å². The first-order valence-electron chi connectivity index (χ1n) is 12.6. The number of fused-ring (bicyclic) bond motifs is 5. The minimum absolute atomic E-state index is 0.102. The molecule has 3 fully saturated rings. The molecule has 2 unspecified atom stereocenters. The van der Waals surface area contributed by atoms with E-state index in [1.54, 1.807) is 0 Å². The summed E-state index contributed by atoms with van der Waals surface area (Å²) in [6, 6.07) is 2.05. The fourth-order valence-electron chi connectivity index (χ4n) is 8.91. The number of aryl methyl sites for hydroxylation is 2. The lowest BCUT2D eigenvalue weighted by molar-refractivity contribution is -0.132. The molecule has 4 aliphatic rings. The molecule has 4 aliphatic carbocycles. The highest BCUT2D eigenvalue weighted by molar-refractivity contribution is 7.79. The molecule has 0 amide bonds. The molecule has 2 N–H and O–H groups in total. The van der Waals surface area contributed by atoms with Crippen molar-refractivity contribution in [3.05, 3.63) is 40.0 Å². The number of carbonyl (C=O) groups is 1. The summed E-state index contributed by atoms with van der Waals surface area (Å²) in [4.78, 5) is 13.3. The molecule has 0 radical (unpaired) electrons. The molecule has 180 valence electrons. The van der Waals surface area contributed by atoms with Crippen molar-refractivity contribution < 1.29 is 18.7 Å². The van der Waals surface area contributed by atoms with Gasteiger partial charge in [0.2, 0.25) is 0 Å². The van der Waals surface area contributed by atoms with Crippen molar-refractivity contribution >= 4 is 16.9 Å². The molecule has 0 aromatic heterocycles. The Labute approximate surface area is 200 Å². The van der Waals surface area contributed by atoms with Crippen LogP contribution >= 0.6 is 0 Å². The van der Waals surface area contributed by atoms with Crippen LogP contribution in [0.2, 0.25) is 0 Å². The van der Waals surface area contributed by atoms with E-state index in [1.807, 2.05) is 19.9 Å². The number of rotatable bonds is 2. The number of hydrogen-bond acceptors (Lipinski definition) is 3. The minimum Gasteiger partial charge on any atom is -0.393 e. The first-order chi connectivity index (χ1) is 15.5. The zero-order valence-electron chi connectivity index (χ0n) is 20.6. The van der Waals surface area contributed by atoms with Gasteiger partial charge in [-0.2, -0.15) is 0 Å². The molecule has 33 heavy (non-hydrogen) atoms. The molecule has 0 heterocycles. The van der Waals surface area contributed by atoms with Crippen molar-refractivity contribution in [2.24, 2.45) is 28.6 Å². The standard InChI is InChI=1S/C28H38O4S/c1-15-12-16(2)26(33(31)32)17(3)25(15)23-14-19(29)13-18-6-7-20-21-8-9-24(30)27(21,4)11-10-22(20)28(18,23)5/h6,12,19-23,29H,7-11,13-14H2,1-5H3,(H,31,32)/t19-,20+,21+,22+,23?,27+,28+/m1/s1. The van der Waals surface area contributed by atoms with Gasteiger partial charge in [0, 0.05) is 11.8 Å². The van der Waals surface area contributed by atoms with Crippen LogP contribution in [-0.4, -0.2) is 25.8 Å². The Morgan fingerprint density at radius 3 is 2.52 bits per heavy atom. The number of aliphatic hydroxyl groups excluding tert-OH is 1. The summed E-state index contributed by atoms with van der Waals surface area (Å²) in [5.41, 5.74) is 5.17. The zero-order chi connectivity index (χ0) is 23.9. The maximum atomic E-state index is 12.8. The highest BCUT2D eigenvalue weighted by Crippen LogP contribution is 2.67. The molecule has 1 aromatic carbocycles. The molecule has 0 saturated heterocycles. The maximum Gasteiger partial charge on any atom is 0.187 e. The first-order valence-corrected chi connectivity index (χ1v) is 13.7. The van der Waals surface area contributed by atoms with E-state index >= 15 is 0 Å². The monoisotopic (exact) mass is 470 g/mol. The van der Waals surface area contributed by atoms with Crippen LogP contribution in [0.3, 0.4) is 0 Å². The number of ketones is 1. The van der Waals surface area contributed by atoms with Gasteiger partial charge in [-0.25, -0.2) is 4.21 Å². The van der Waals surface area contributed by atoms with E-state index in [0.29, 0.717) is 34.9 Å². The van der Waals surface area contributed by atoms with E-state index in [0.717, 1.165) is 60.8 Å². The summed E-state index contributed by atoms with van der Waals surface area (Å²) >= 11 is -2.04.